The molecule has 10 heteroatoms. The molecule has 1 atom stereocenters. The largest absolute Gasteiger partial charge is 0.433 e. The second-order valence-electron chi connectivity index (χ2n) is 7.09. The number of rotatable bonds is 4. The Morgan fingerprint density at radius 3 is 2.83 bits per heavy atom. The van der Waals surface area contributed by atoms with Crippen LogP contribution in [0.5, 0.6) is 0 Å². The van der Waals surface area contributed by atoms with Gasteiger partial charge in [-0.2, -0.15) is 13.2 Å². The van der Waals surface area contributed by atoms with Gasteiger partial charge in [-0.1, -0.05) is 18.1 Å². The first-order valence-corrected chi connectivity index (χ1v) is 10.5. The molecule has 30 heavy (non-hydrogen) atoms. The van der Waals surface area contributed by atoms with Crippen LogP contribution in [0.1, 0.15) is 53.5 Å². The summed E-state index contributed by atoms with van der Waals surface area (Å²) in [4.78, 5) is 23.2. The van der Waals surface area contributed by atoms with Crippen LogP contribution >= 0.6 is 11.3 Å². The highest BCUT2D eigenvalue weighted by Crippen LogP contribution is 2.34. The Morgan fingerprint density at radius 2 is 2.17 bits per heavy atom. The average Bonchev–Trinajstić information content (AvgIpc) is 3.44. The van der Waals surface area contributed by atoms with Gasteiger partial charge in [-0.3, -0.25) is 4.79 Å². The Balaban J connectivity index is 1.62. The third-order valence-electron chi connectivity index (χ3n) is 5.01. The van der Waals surface area contributed by atoms with Crippen LogP contribution in [0.15, 0.2) is 34.2 Å². The molecule has 3 aromatic heterocycles. The lowest BCUT2D eigenvalue weighted by atomic mass is 9.96. The molecule has 6 nitrogen and oxygen atoms in total. The zero-order chi connectivity index (χ0) is 21.3. The van der Waals surface area contributed by atoms with Gasteiger partial charge < -0.3 is 9.42 Å². The highest BCUT2D eigenvalue weighted by Gasteiger charge is 2.36. The predicted octanol–water partition coefficient (Wildman–Crippen LogP) is 4.79. The summed E-state index contributed by atoms with van der Waals surface area (Å²) in [5.41, 5.74) is -0.518. The van der Waals surface area contributed by atoms with Crippen LogP contribution in [-0.4, -0.2) is 39.0 Å². The fourth-order valence-corrected chi connectivity index (χ4v) is 4.15. The fourth-order valence-electron chi connectivity index (χ4n) is 3.46. The normalized spacial score (nSPS) is 17.3. The maximum Gasteiger partial charge on any atom is 0.433 e. The third-order valence-corrected chi connectivity index (χ3v) is 5.90. The minimum absolute atomic E-state index is 0.111. The van der Waals surface area contributed by atoms with E-state index in [1.807, 2.05) is 6.92 Å². The van der Waals surface area contributed by atoms with Crippen LogP contribution in [0.2, 0.25) is 0 Å². The molecule has 0 aromatic carbocycles. The highest BCUT2D eigenvalue weighted by atomic mass is 32.1. The minimum atomic E-state index is -4.58. The van der Waals surface area contributed by atoms with Gasteiger partial charge in [0.25, 0.3) is 5.91 Å². The van der Waals surface area contributed by atoms with Crippen LogP contribution in [0.4, 0.5) is 13.2 Å². The van der Waals surface area contributed by atoms with Crippen molar-refractivity contribution in [2.75, 3.05) is 13.1 Å². The lowest BCUT2D eigenvalue weighted by Gasteiger charge is -2.31. The number of amides is 1. The molecule has 1 fully saturated rings. The lowest BCUT2D eigenvalue weighted by molar-refractivity contribution is -0.141. The Labute approximate surface area is 174 Å². The lowest BCUT2D eigenvalue weighted by Crippen LogP contribution is -2.39. The van der Waals surface area contributed by atoms with Crippen LogP contribution in [-0.2, 0) is 12.6 Å². The van der Waals surface area contributed by atoms with Crippen molar-refractivity contribution in [1.82, 2.24) is 20.0 Å². The SMILES string of the molecule is CCc1cc(C(=O)N2CCCC(c3nc(-c4cccs4)cc(C(F)(F)F)n3)C2)no1. The highest BCUT2D eigenvalue weighted by molar-refractivity contribution is 7.13. The van der Waals surface area contributed by atoms with E-state index in [4.69, 9.17) is 4.52 Å². The molecular weight excluding hydrogens is 417 g/mol. The Bertz CT molecular complexity index is 1030. The zero-order valence-corrected chi connectivity index (χ0v) is 17.0. The molecule has 0 saturated carbocycles. The molecule has 1 unspecified atom stereocenters. The molecule has 1 aliphatic rings. The number of carbonyl (C=O) groups is 1. The summed E-state index contributed by atoms with van der Waals surface area (Å²) in [6, 6.07) is 6.06. The minimum Gasteiger partial charge on any atom is -0.361 e. The van der Waals surface area contributed by atoms with E-state index in [1.54, 1.807) is 28.5 Å². The summed E-state index contributed by atoms with van der Waals surface area (Å²) in [6.45, 7) is 2.63. The van der Waals surface area contributed by atoms with Gasteiger partial charge in [0.2, 0.25) is 0 Å². The van der Waals surface area contributed by atoms with E-state index >= 15 is 0 Å². The van der Waals surface area contributed by atoms with E-state index in [-0.39, 0.29) is 35.6 Å². The first-order chi connectivity index (χ1) is 14.3. The number of thiophene rings is 1. The van der Waals surface area contributed by atoms with Gasteiger partial charge >= 0.3 is 6.18 Å². The number of likely N-dealkylation sites (tertiary alicyclic amines) is 1. The number of carbonyl (C=O) groups excluding carboxylic acids is 1. The molecule has 0 aliphatic carbocycles. The Morgan fingerprint density at radius 1 is 1.33 bits per heavy atom. The van der Waals surface area contributed by atoms with E-state index < -0.39 is 11.9 Å². The van der Waals surface area contributed by atoms with Crippen molar-refractivity contribution < 1.29 is 22.5 Å². The van der Waals surface area contributed by atoms with Crippen molar-refractivity contribution in [1.29, 1.82) is 0 Å². The van der Waals surface area contributed by atoms with Crippen molar-refractivity contribution in [3.8, 4) is 10.6 Å². The van der Waals surface area contributed by atoms with Gasteiger partial charge in [0.15, 0.2) is 5.69 Å². The average molecular weight is 436 g/mol. The molecule has 1 aliphatic heterocycles. The number of hydrogen-bond acceptors (Lipinski definition) is 6. The second-order valence-corrected chi connectivity index (χ2v) is 8.04. The van der Waals surface area contributed by atoms with Crippen LogP contribution in [0.25, 0.3) is 10.6 Å². The maximum absolute atomic E-state index is 13.4. The molecule has 1 saturated heterocycles. The van der Waals surface area contributed by atoms with E-state index in [2.05, 4.69) is 15.1 Å². The number of piperidine rings is 1. The Kier molecular flexibility index (Phi) is 5.59. The van der Waals surface area contributed by atoms with Crippen molar-refractivity contribution >= 4 is 17.2 Å². The third kappa shape index (κ3) is 4.23. The monoisotopic (exact) mass is 436 g/mol. The maximum atomic E-state index is 13.4. The van der Waals surface area contributed by atoms with Crippen molar-refractivity contribution in [3.63, 3.8) is 0 Å². The first kappa shape index (κ1) is 20.5. The van der Waals surface area contributed by atoms with Gasteiger partial charge in [-0.25, -0.2) is 9.97 Å². The number of aromatic nitrogens is 3. The number of halogens is 3. The summed E-state index contributed by atoms with van der Waals surface area (Å²) < 4.78 is 45.4. The van der Waals surface area contributed by atoms with E-state index in [0.717, 1.165) is 6.07 Å². The van der Waals surface area contributed by atoms with Crippen LogP contribution in [0, 0.1) is 0 Å². The van der Waals surface area contributed by atoms with E-state index in [1.165, 1.54) is 11.3 Å². The summed E-state index contributed by atoms with van der Waals surface area (Å²) >= 11 is 1.32. The summed E-state index contributed by atoms with van der Waals surface area (Å²) in [5, 5.41) is 5.59. The van der Waals surface area contributed by atoms with Gasteiger partial charge in [0, 0.05) is 31.5 Å². The predicted molar refractivity (Wildman–Crippen MR) is 104 cm³/mol. The molecule has 0 radical (unpaired) electrons. The molecule has 0 N–H and O–H groups in total. The van der Waals surface area contributed by atoms with Gasteiger partial charge in [-0.05, 0) is 30.4 Å². The topological polar surface area (TPSA) is 72.1 Å². The molecule has 0 spiro atoms. The van der Waals surface area contributed by atoms with Gasteiger partial charge in [0.1, 0.15) is 17.3 Å². The summed E-state index contributed by atoms with van der Waals surface area (Å²) in [5.74, 6) is 0.0312. The number of hydrogen-bond donors (Lipinski definition) is 0. The van der Waals surface area contributed by atoms with Crippen molar-refractivity contribution in [2.45, 2.75) is 38.3 Å². The molecule has 1 amide bonds. The number of alkyl halides is 3. The van der Waals surface area contributed by atoms with E-state index in [9.17, 15) is 18.0 Å². The molecule has 4 rings (SSSR count). The molecule has 0 bridgehead atoms. The second kappa shape index (κ2) is 8.17. The van der Waals surface area contributed by atoms with Gasteiger partial charge in [-0.15, -0.1) is 11.3 Å². The molecule has 3 aromatic rings. The first-order valence-electron chi connectivity index (χ1n) is 9.60. The quantitative estimate of drug-likeness (QED) is 0.588. The fraction of sp³-hybridized carbons (Fsp3) is 0.400. The Hall–Kier alpha value is -2.75. The van der Waals surface area contributed by atoms with Gasteiger partial charge in [0.05, 0.1) is 10.6 Å². The number of nitrogens with zero attached hydrogens (tertiary/aromatic N) is 4. The van der Waals surface area contributed by atoms with Crippen LogP contribution < -0.4 is 0 Å². The zero-order valence-electron chi connectivity index (χ0n) is 16.1. The standard InChI is InChI=1S/C20H19F3N4O2S/c1-2-13-9-15(26-29-13)19(28)27-7-3-5-12(11-27)18-24-14(16-6-4-8-30-16)10-17(25-18)20(21,22)23/h4,6,8-10,12H,2-3,5,7,11H2,1H3. The smallest absolute Gasteiger partial charge is 0.361 e. The van der Waals surface area contributed by atoms with Crippen molar-refractivity contribution in [3.05, 3.63) is 52.6 Å². The van der Waals surface area contributed by atoms with Crippen LogP contribution in [0.3, 0.4) is 0 Å². The molecule has 4 heterocycles. The summed E-state index contributed by atoms with van der Waals surface area (Å²) in [7, 11) is 0. The number of aryl methyl sites for hydroxylation is 1. The van der Waals surface area contributed by atoms with Crippen molar-refractivity contribution in [2.24, 2.45) is 0 Å². The molecule has 158 valence electrons. The summed E-state index contributed by atoms with van der Waals surface area (Å²) in [6.07, 6.45) is -2.71. The van der Waals surface area contributed by atoms with E-state index in [0.29, 0.717) is 36.4 Å². The molecular formula is C20H19F3N4O2S.